The lowest BCUT2D eigenvalue weighted by atomic mass is 9.98. The molecule has 0 radical (unpaired) electrons. The predicted molar refractivity (Wildman–Crippen MR) is 99.6 cm³/mol. The van der Waals surface area contributed by atoms with Gasteiger partial charge in [0.1, 0.15) is 12.1 Å². The Bertz CT molecular complexity index is 862. The maximum absolute atomic E-state index is 14.7. The summed E-state index contributed by atoms with van der Waals surface area (Å²) in [7, 11) is 0. The minimum Gasteiger partial charge on any atom is -0.584 e. The molecule has 2 N–H and O–H groups in total. The van der Waals surface area contributed by atoms with Crippen LogP contribution >= 0.6 is 0 Å². The SMILES string of the molecule is CC(C)c1coc([S+]([O-])NC(=O)Nc2c3c(c(F)c4c2CCC4)CCC3)n1. The second kappa shape index (κ2) is 7.16. The Morgan fingerprint density at radius 1 is 1.19 bits per heavy atom. The highest BCUT2D eigenvalue weighted by Gasteiger charge is 2.31. The van der Waals surface area contributed by atoms with Gasteiger partial charge in [0.15, 0.2) is 11.4 Å². The lowest BCUT2D eigenvalue weighted by molar-refractivity contribution is 0.256. The third-order valence-electron chi connectivity index (χ3n) is 5.24. The molecule has 144 valence electrons. The molecule has 1 aromatic carbocycles. The molecule has 4 rings (SSSR count). The van der Waals surface area contributed by atoms with Gasteiger partial charge in [0, 0.05) is 5.69 Å². The smallest absolute Gasteiger partial charge is 0.443 e. The molecule has 8 heteroatoms. The van der Waals surface area contributed by atoms with Gasteiger partial charge >= 0.3 is 11.3 Å². The number of fused-ring (bicyclic) bond motifs is 2. The van der Waals surface area contributed by atoms with Crippen LogP contribution in [0, 0.1) is 5.82 Å². The van der Waals surface area contributed by atoms with Crippen LogP contribution in [0.5, 0.6) is 0 Å². The van der Waals surface area contributed by atoms with E-state index in [1.807, 2.05) is 13.8 Å². The summed E-state index contributed by atoms with van der Waals surface area (Å²) in [5.41, 5.74) is 4.58. The van der Waals surface area contributed by atoms with Crippen LogP contribution in [0.3, 0.4) is 0 Å². The van der Waals surface area contributed by atoms with Crippen molar-refractivity contribution in [3.63, 3.8) is 0 Å². The summed E-state index contributed by atoms with van der Waals surface area (Å²) >= 11 is -1.90. The summed E-state index contributed by atoms with van der Waals surface area (Å²) in [6, 6.07) is -0.604. The maximum atomic E-state index is 14.7. The summed E-state index contributed by atoms with van der Waals surface area (Å²) in [5, 5.41) is 2.78. The molecular formula is C19H22FN3O3S. The minimum absolute atomic E-state index is 0.0385. The minimum atomic E-state index is -1.90. The summed E-state index contributed by atoms with van der Waals surface area (Å²) in [6.07, 6.45) is 6.09. The number of rotatable bonds is 4. The quantitative estimate of drug-likeness (QED) is 0.777. The molecule has 0 spiro atoms. The first-order valence-corrected chi connectivity index (χ1v) is 10.4. The first kappa shape index (κ1) is 18.3. The van der Waals surface area contributed by atoms with Crippen LogP contribution < -0.4 is 10.0 Å². The molecule has 2 aliphatic rings. The number of anilines is 1. The van der Waals surface area contributed by atoms with Crippen molar-refractivity contribution in [1.82, 2.24) is 9.71 Å². The van der Waals surface area contributed by atoms with Crippen molar-refractivity contribution >= 4 is 23.1 Å². The first-order valence-electron chi connectivity index (χ1n) is 9.25. The zero-order valence-corrected chi connectivity index (χ0v) is 16.2. The summed E-state index contributed by atoms with van der Waals surface area (Å²) < 4.78 is 34.6. The van der Waals surface area contributed by atoms with Crippen LogP contribution in [-0.2, 0) is 37.0 Å². The highest BCUT2D eigenvalue weighted by atomic mass is 32.2. The summed E-state index contributed by atoms with van der Waals surface area (Å²) in [4.78, 5) is 16.6. The van der Waals surface area contributed by atoms with Gasteiger partial charge in [0.2, 0.25) is 0 Å². The second-order valence-corrected chi connectivity index (χ2v) is 8.42. The summed E-state index contributed by atoms with van der Waals surface area (Å²) in [6.45, 7) is 3.89. The third kappa shape index (κ3) is 3.32. The van der Waals surface area contributed by atoms with Gasteiger partial charge in [0.25, 0.3) is 0 Å². The average molecular weight is 391 g/mol. The molecule has 1 unspecified atom stereocenters. The van der Waals surface area contributed by atoms with Crippen molar-refractivity contribution < 1.29 is 18.2 Å². The zero-order chi connectivity index (χ0) is 19.1. The number of aromatic nitrogens is 1. The highest BCUT2D eigenvalue weighted by molar-refractivity contribution is 7.89. The van der Waals surface area contributed by atoms with Crippen LogP contribution in [0.4, 0.5) is 14.9 Å². The van der Waals surface area contributed by atoms with Crippen LogP contribution in [0.2, 0.25) is 0 Å². The van der Waals surface area contributed by atoms with E-state index in [1.54, 1.807) is 0 Å². The van der Waals surface area contributed by atoms with Crippen LogP contribution in [-0.4, -0.2) is 15.6 Å². The Labute approximate surface area is 160 Å². The molecule has 2 aromatic rings. The molecule has 27 heavy (non-hydrogen) atoms. The Morgan fingerprint density at radius 3 is 2.33 bits per heavy atom. The normalized spacial score (nSPS) is 16.3. The molecule has 0 fully saturated rings. The van der Waals surface area contributed by atoms with Gasteiger partial charge in [0.05, 0.1) is 5.69 Å². The van der Waals surface area contributed by atoms with E-state index in [4.69, 9.17) is 4.42 Å². The van der Waals surface area contributed by atoms with Gasteiger partial charge in [-0.2, -0.15) is 4.98 Å². The van der Waals surface area contributed by atoms with E-state index in [0.29, 0.717) is 24.2 Å². The van der Waals surface area contributed by atoms with Gasteiger partial charge < -0.3 is 14.3 Å². The van der Waals surface area contributed by atoms with Gasteiger partial charge in [-0.3, -0.25) is 0 Å². The van der Waals surface area contributed by atoms with Crippen molar-refractivity contribution in [1.29, 1.82) is 0 Å². The number of carbonyl (C=O) groups excluding carboxylic acids is 1. The lowest BCUT2D eigenvalue weighted by Gasteiger charge is -2.17. The average Bonchev–Trinajstić information content (AvgIpc) is 3.38. The van der Waals surface area contributed by atoms with E-state index in [-0.39, 0.29) is 17.0 Å². The molecule has 2 amide bonds. The second-order valence-electron chi connectivity index (χ2n) is 7.33. The monoisotopic (exact) mass is 391 g/mol. The highest BCUT2D eigenvalue weighted by Crippen LogP contribution is 2.40. The number of oxazole rings is 1. The Kier molecular flexibility index (Phi) is 4.86. The number of hydrogen-bond donors (Lipinski definition) is 2. The topological polar surface area (TPSA) is 90.2 Å². The number of urea groups is 1. The molecule has 0 aliphatic heterocycles. The fraction of sp³-hybridized carbons (Fsp3) is 0.474. The number of nitrogens with zero attached hydrogens (tertiary/aromatic N) is 1. The number of benzene rings is 1. The summed E-state index contributed by atoms with van der Waals surface area (Å²) in [5.74, 6) is 0.0447. The van der Waals surface area contributed by atoms with Crippen LogP contribution in [0.15, 0.2) is 15.9 Å². The van der Waals surface area contributed by atoms with Crippen molar-refractivity contribution in [2.75, 3.05) is 5.32 Å². The third-order valence-corrected chi connectivity index (χ3v) is 6.12. The van der Waals surface area contributed by atoms with E-state index >= 15 is 0 Å². The number of carbonyl (C=O) groups is 1. The van der Waals surface area contributed by atoms with Crippen molar-refractivity contribution in [3.8, 4) is 0 Å². The molecule has 1 aromatic heterocycles. The van der Waals surface area contributed by atoms with E-state index in [9.17, 15) is 13.7 Å². The Hall–Kier alpha value is -2.06. The number of halogens is 1. The number of amides is 2. The Morgan fingerprint density at radius 2 is 1.78 bits per heavy atom. The number of hydrogen-bond acceptors (Lipinski definition) is 4. The predicted octanol–water partition coefficient (Wildman–Crippen LogP) is 3.76. The standard InChI is InChI=1S/C19H22FN3O3S/c1-10(2)15-9-26-19(21-15)27(25)23-18(24)22-17-13-7-3-5-11(13)16(20)12-6-4-8-14(12)17/h9-10H,3-8H2,1-2H3,(H2,22,23,24). The maximum Gasteiger partial charge on any atom is 0.443 e. The van der Waals surface area contributed by atoms with Gasteiger partial charge in [-0.1, -0.05) is 13.8 Å². The van der Waals surface area contributed by atoms with E-state index in [0.717, 1.165) is 47.9 Å². The first-order chi connectivity index (χ1) is 13.0. The van der Waals surface area contributed by atoms with Crippen molar-refractivity contribution in [2.24, 2.45) is 0 Å². The van der Waals surface area contributed by atoms with Gasteiger partial charge in [-0.15, -0.1) is 4.72 Å². The van der Waals surface area contributed by atoms with Gasteiger partial charge in [-0.05, 0) is 66.7 Å². The van der Waals surface area contributed by atoms with Crippen molar-refractivity contribution in [3.05, 3.63) is 40.0 Å². The largest absolute Gasteiger partial charge is 0.584 e. The van der Waals surface area contributed by atoms with E-state index < -0.39 is 17.4 Å². The molecule has 0 saturated heterocycles. The molecule has 6 nitrogen and oxygen atoms in total. The Balaban J connectivity index is 1.53. The van der Waals surface area contributed by atoms with Gasteiger partial charge in [-0.25, -0.2) is 9.18 Å². The molecule has 0 bridgehead atoms. The lowest BCUT2D eigenvalue weighted by Crippen LogP contribution is -2.35. The molecule has 1 atom stereocenters. The fourth-order valence-corrected chi connectivity index (χ4v) is 4.56. The van der Waals surface area contributed by atoms with E-state index in [1.165, 1.54) is 6.26 Å². The molecule has 0 saturated carbocycles. The molecule has 2 aliphatic carbocycles. The fourth-order valence-electron chi connectivity index (χ4n) is 3.92. The van der Waals surface area contributed by atoms with E-state index in [2.05, 4.69) is 15.0 Å². The van der Waals surface area contributed by atoms with Crippen LogP contribution in [0.25, 0.3) is 0 Å². The molecular weight excluding hydrogens is 369 g/mol. The zero-order valence-electron chi connectivity index (χ0n) is 15.4. The number of nitrogens with one attached hydrogen (secondary N) is 2. The molecule has 1 heterocycles. The van der Waals surface area contributed by atoms with Crippen molar-refractivity contribution in [2.45, 2.75) is 63.5 Å². The van der Waals surface area contributed by atoms with Crippen LogP contribution in [0.1, 0.15) is 60.6 Å².